The monoisotopic (exact) mass is 186 g/mol. The summed E-state index contributed by atoms with van der Waals surface area (Å²) in [6.07, 6.45) is 5.63. The molecule has 14 heavy (non-hydrogen) atoms. The minimum atomic E-state index is 0.0919. The Hall–Kier alpha value is -1.63. The second kappa shape index (κ2) is 5.18. The van der Waals surface area contributed by atoms with Crippen LogP contribution in [0.15, 0.2) is 48.6 Å². The summed E-state index contributed by atoms with van der Waals surface area (Å²) in [5, 5.41) is 0. The molecular formula is C13H14O. The standard InChI is InChI=1S/C13H14O/c1-3-4-10-13(11(2)14)12-8-6-5-7-9-12/h3-10H,1-2H3/b4-3-,13-10-. The van der Waals surface area contributed by atoms with Crippen LogP contribution >= 0.6 is 0 Å². The van der Waals surface area contributed by atoms with E-state index in [0.29, 0.717) is 0 Å². The molecule has 0 spiro atoms. The molecule has 72 valence electrons. The molecule has 1 aromatic rings. The van der Waals surface area contributed by atoms with Gasteiger partial charge in [0.1, 0.15) is 0 Å². The molecule has 0 aliphatic carbocycles. The Bertz CT molecular complexity index is 358. The zero-order valence-corrected chi connectivity index (χ0v) is 8.53. The van der Waals surface area contributed by atoms with Crippen LogP contribution in [-0.2, 0) is 4.79 Å². The van der Waals surface area contributed by atoms with Gasteiger partial charge in [0.2, 0.25) is 0 Å². The van der Waals surface area contributed by atoms with E-state index in [4.69, 9.17) is 0 Å². The van der Waals surface area contributed by atoms with E-state index in [1.807, 2.05) is 55.5 Å². The van der Waals surface area contributed by atoms with Crippen molar-refractivity contribution < 1.29 is 4.79 Å². The van der Waals surface area contributed by atoms with Crippen LogP contribution in [0.2, 0.25) is 0 Å². The SMILES string of the molecule is C/C=C\C=C(\C(C)=O)c1ccccc1. The Morgan fingerprint density at radius 2 is 1.86 bits per heavy atom. The molecule has 1 nitrogen and oxygen atoms in total. The van der Waals surface area contributed by atoms with Gasteiger partial charge in [-0.3, -0.25) is 4.79 Å². The van der Waals surface area contributed by atoms with E-state index in [-0.39, 0.29) is 5.78 Å². The summed E-state index contributed by atoms with van der Waals surface area (Å²) in [5.74, 6) is 0.0919. The van der Waals surface area contributed by atoms with Crippen LogP contribution in [0.5, 0.6) is 0 Å². The molecule has 0 unspecified atom stereocenters. The fraction of sp³-hybridized carbons (Fsp3) is 0.154. The first-order valence-electron chi connectivity index (χ1n) is 4.65. The molecule has 0 saturated carbocycles. The number of ketones is 1. The van der Waals surface area contributed by atoms with Gasteiger partial charge in [-0.25, -0.2) is 0 Å². The molecule has 0 fully saturated rings. The minimum Gasteiger partial charge on any atom is -0.294 e. The summed E-state index contributed by atoms with van der Waals surface area (Å²) < 4.78 is 0. The highest BCUT2D eigenvalue weighted by molar-refractivity contribution is 6.19. The molecule has 0 radical (unpaired) electrons. The second-order valence-electron chi connectivity index (χ2n) is 3.03. The smallest absolute Gasteiger partial charge is 0.160 e. The molecule has 0 heterocycles. The first-order chi connectivity index (χ1) is 6.75. The number of Topliss-reactive ketones (excluding diaryl/α,β-unsaturated/α-hetero) is 1. The highest BCUT2D eigenvalue weighted by Gasteiger charge is 2.04. The summed E-state index contributed by atoms with van der Waals surface area (Å²) in [6.45, 7) is 3.52. The minimum absolute atomic E-state index is 0.0919. The molecule has 1 aromatic carbocycles. The van der Waals surface area contributed by atoms with Crippen molar-refractivity contribution in [3.05, 3.63) is 54.1 Å². The van der Waals surface area contributed by atoms with E-state index in [1.54, 1.807) is 6.92 Å². The molecule has 0 aliphatic heterocycles. The van der Waals surface area contributed by atoms with Gasteiger partial charge in [0.05, 0.1) is 0 Å². The maximum Gasteiger partial charge on any atom is 0.160 e. The van der Waals surface area contributed by atoms with Crippen LogP contribution in [0, 0.1) is 0 Å². The van der Waals surface area contributed by atoms with Gasteiger partial charge in [0, 0.05) is 5.57 Å². The first-order valence-corrected chi connectivity index (χ1v) is 4.65. The summed E-state index contributed by atoms with van der Waals surface area (Å²) in [4.78, 5) is 11.3. The Balaban J connectivity index is 3.07. The van der Waals surface area contributed by atoms with Crippen molar-refractivity contribution in [2.45, 2.75) is 13.8 Å². The molecule has 0 atom stereocenters. The third-order valence-corrected chi connectivity index (χ3v) is 1.92. The van der Waals surface area contributed by atoms with E-state index in [1.165, 1.54) is 0 Å². The van der Waals surface area contributed by atoms with Crippen molar-refractivity contribution in [1.82, 2.24) is 0 Å². The van der Waals surface area contributed by atoms with Crippen LogP contribution in [0.25, 0.3) is 5.57 Å². The van der Waals surface area contributed by atoms with Crippen molar-refractivity contribution in [3.8, 4) is 0 Å². The molecule has 1 rings (SSSR count). The van der Waals surface area contributed by atoms with Crippen LogP contribution in [0.4, 0.5) is 0 Å². The average molecular weight is 186 g/mol. The van der Waals surface area contributed by atoms with Gasteiger partial charge < -0.3 is 0 Å². The largest absolute Gasteiger partial charge is 0.294 e. The predicted molar refractivity (Wildman–Crippen MR) is 59.9 cm³/mol. The van der Waals surface area contributed by atoms with E-state index in [2.05, 4.69) is 0 Å². The lowest BCUT2D eigenvalue weighted by Gasteiger charge is -2.01. The number of benzene rings is 1. The Morgan fingerprint density at radius 1 is 1.21 bits per heavy atom. The van der Waals surface area contributed by atoms with Crippen LogP contribution in [0.3, 0.4) is 0 Å². The topological polar surface area (TPSA) is 17.1 Å². The highest BCUT2D eigenvalue weighted by atomic mass is 16.1. The fourth-order valence-electron chi connectivity index (χ4n) is 1.23. The van der Waals surface area contributed by atoms with Crippen LogP contribution in [0.1, 0.15) is 19.4 Å². The van der Waals surface area contributed by atoms with Crippen molar-refractivity contribution in [2.75, 3.05) is 0 Å². The third kappa shape index (κ3) is 2.70. The van der Waals surface area contributed by atoms with Crippen molar-refractivity contribution in [3.63, 3.8) is 0 Å². The molecule has 1 heteroatoms. The van der Waals surface area contributed by atoms with Gasteiger partial charge in [-0.2, -0.15) is 0 Å². The van der Waals surface area contributed by atoms with Gasteiger partial charge in [0.25, 0.3) is 0 Å². The fourth-order valence-corrected chi connectivity index (χ4v) is 1.23. The number of allylic oxidation sites excluding steroid dienone is 4. The van der Waals surface area contributed by atoms with Crippen molar-refractivity contribution >= 4 is 11.4 Å². The molecule has 0 aliphatic rings. The van der Waals surface area contributed by atoms with E-state index >= 15 is 0 Å². The van der Waals surface area contributed by atoms with E-state index < -0.39 is 0 Å². The third-order valence-electron chi connectivity index (χ3n) is 1.92. The second-order valence-corrected chi connectivity index (χ2v) is 3.03. The number of rotatable bonds is 3. The zero-order chi connectivity index (χ0) is 10.4. The number of hydrogen-bond donors (Lipinski definition) is 0. The zero-order valence-electron chi connectivity index (χ0n) is 8.53. The summed E-state index contributed by atoms with van der Waals surface area (Å²) in [5.41, 5.74) is 1.72. The lowest BCUT2D eigenvalue weighted by Crippen LogP contribution is -1.94. The van der Waals surface area contributed by atoms with E-state index in [0.717, 1.165) is 11.1 Å². The molecule has 0 N–H and O–H groups in total. The molecule has 0 amide bonds. The summed E-state index contributed by atoms with van der Waals surface area (Å²) in [6, 6.07) is 9.69. The van der Waals surface area contributed by atoms with Gasteiger partial charge in [0.15, 0.2) is 5.78 Å². The highest BCUT2D eigenvalue weighted by Crippen LogP contribution is 2.14. The van der Waals surface area contributed by atoms with Gasteiger partial charge in [-0.1, -0.05) is 48.6 Å². The first kappa shape index (κ1) is 10.5. The summed E-state index contributed by atoms with van der Waals surface area (Å²) >= 11 is 0. The Labute approximate surface area is 84.8 Å². The van der Waals surface area contributed by atoms with E-state index in [9.17, 15) is 4.79 Å². The van der Waals surface area contributed by atoms with Gasteiger partial charge in [-0.15, -0.1) is 0 Å². The predicted octanol–water partition coefficient (Wildman–Crippen LogP) is 3.24. The molecule has 0 bridgehead atoms. The number of carbonyl (C=O) groups excluding carboxylic acids is 1. The van der Waals surface area contributed by atoms with Crippen LogP contribution in [-0.4, -0.2) is 5.78 Å². The maximum atomic E-state index is 11.3. The molecule has 0 aromatic heterocycles. The number of hydrogen-bond acceptors (Lipinski definition) is 1. The lowest BCUT2D eigenvalue weighted by molar-refractivity contribution is -0.111. The Morgan fingerprint density at radius 3 is 2.36 bits per heavy atom. The quantitative estimate of drug-likeness (QED) is 0.523. The van der Waals surface area contributed by atoms with Gasteiger partial charge in [-0.05, 0) is 19.4 Å². The Kier molecular flexibility index (Phi) is 3.86. The molecule has 0 saturated heterocycles. The van der Waals surface area contributed by atoms with Gasteiger partial charge >= 0.3 is 0 Å². The molecular weight excluding hydrogens is 172 g/mol. The van der Waals surface area contributed by atoms with Crippen molar-refractivity contribution in [2.24, 2.45) is 0 Å². The summed E-state index contributed by atoms with van der Waals surface area (Å²) in [7, 11) is 0. The van der Waals surface area contributed by atoms with Crippen LogP contribution < -0.4 is 0 Å². The van der Waals surface area contributed by atoms with Crippen molar-refractivity contribution in [1.29, 1.82) is 0 Å². The lowest BCUT2D eigenvalue weighted by atomic mass is 10.0. The maximum absolute atomic E-state index is 11.3. The normalized spacial score (nSPS) is 12.0. The average Bonchev–Trinajstić information content (AvgIpc) is 2.19. The number of carbonyl (C=O) groups is 1.